The summed E-state index contributed by atoms with van der Waals surface area (Å²) in [5, 5.41) is 11.9. The topological polar surface area (TPSA) is 54.3 Å². The van der Waals surface area contributed by atoms with E-state index in [1.165, 1.54) is 0 Å². The van der Waals surface area contributed by atoms with Crippen LogP contribution < -0.4 is 14.8 Å². The highest BCUT2D eigenvalue weighted by molar-refractivity contribution is 5.46. The van der Waals surface area contributed by atoms with E-state index in [-0.39, 0.29) is 0 Å². The van der Waals surface area contributed by atoms with E-state index in [4.69, 9.17) is 14.7 Å². The van der Waals surface area contributed by atoms with Gasteiger partial charge in [0.1, 0.15) is 0 Å². The van der Waals surface area contributed by atoms with Crippen LogP contribution >= 0.6 is 0 Å². The molecule has 17 heavy (non-hydrogen) atoms. The molecule has 0 amide bonds. The van der Waals surface area contributed by atoms with Crippen molar-refractivity contribution in [2.24, 2.45) is 5.92 Å². The number of rotatable bonds is 6. The van der Waals surface area contributed by atoms with Crippen molar-refractivity contribution in [2.45, 2.75) is 6.92 Å². The molecule has 0 saturated carbocycles. The smallest absolute Gasteiger partial charge is 0.162 e. The molecule has 0 bridgehead atoms. The summed E-state index contributed by atoms with van der Waals surface area (Å²) in [7, 11) is 3.49. The van der Waals surface area contributed by atoms with Gasteiger partial charge in [-0.05, 0) is 19.2 Å². The standard InChI is InChI=1S/C13H18N2O2/c1-10(8-15-2)9-17-12-5-4-11(7-14)6-13(12)16-3/h4-6,10,15H,8-9H2,1-3H3. The average Bonchev–Trinajstić information content (AvgIpc) is 2.36. The SMILES string of the molecule is CNCC(C)COc1ccc(C#N)cc1OC. The van der Waals surface area contributed by atoms with Gasteiger partial charge in [-0.15, -0.1) is 0 Å². The van der Waals surface area contributed by atoms with Gasteiger partial charge in [0.05, 0.1) is 25.3 Å². The van der Waals surface area contributed by atoms with Gasteiger partial charge < -0.3 is 14.8 Å². The van der Waals surface area contributed by atoms with Crippen LogP contribution in [0.15, 0.2) is 18.2 Å². The van der Waals surface area contributed by atoms with Gasteiger partial charge in [-0.1, -0.05) is 6.92 Å². The Bertz CT molecular complexity index is 399. The number of methoxy groups -OCH3 is 1. The van der Waals surface area contributed by atoms with Gasteiger partial charge in [0.25, 0.3) is 0 Å². The highest BCUT2D eigenvalue weighted by atomic mass is 16.5. The van der Waals surface area contributed by atoms with Gasteiger partial charge in [0.15, 0.2) is 11.5 Å². The van der Waals surface area contributed by atoms with E-state index in [0.717, 1.165) is 6.54 Å². The molecule has 92 valence electrons. The number of hydrogen-bond donors (Lipinski definition) is 1. The largest absolute Gasteiger partial charge is 0.493 e. The Labute approximate surface area is 102 Å². The first-order valence-electron chi connectivity index (χ1n) is 5.56. The monoisotopic (exact) mass is 234 g/mol. The van der Waals surface area contributed by atoms with Gasteiger partial charge in [0, 0.05) is 18.5 Å². The third-order valence-electron chi connectivity index (χ3n) is 2.37. The highest BCUT2D eigenvalue weighted by Gasteiger charge is 2.07. The lowest BCUT2D eigenvalue weighted by Gasteiger charge is -2.14. The summed E-state index contributed by atoms with van der Waals surface area (Å²) in [6.45, 7) is 3.62. The van der Waals surface area contributed by atoms with E-state index in [0.29, 0.717) is 29.6 Å². The van der Waals surface area contributed by atoms with E-state index in [1.54, 1.807) is 25.3 Å². The molecule has 1 N–H and O–H groups in total. The predicted molar refractivity (Wildman–Crippen MR) is 66.3 cm³/mol. The van der Waals surface area contributed by atoms with Crippen LogP contribution in [0.1, 0.15) is 12.5 Å². The zero-order valence-corrected chi connectivity index (χ0v) is 10.5. The zero-order chi connectivity index (χ0) is 12.7. The van der Waals surface area contributed by atoms with E-state index >= 15 is 0 Å². The average molecular weight is 234 g/mol. The molecule has 1 atom stereocenters. The fourth-order valence-electron chi connectivity index (χ4n) is 1.50. The molecule has 1 unspecified atom stereocenters. The molecule has 0 radical (unpaired) electrons. The molecule has 0 aliphatic rings. The minimum Gasteiger partial charge on any atom is -0.493 e. The molecule has 4 heteroatoms. The molecule has 0 aliphatic carbocycles. The molecular weight excluding hydrogens is 216 g/mol. The summed E-state index contributed by atoms with van der Waals surface area (Å²) < 4.78 is 10.9. The molecule has 0 aromatic heterocycles. The second-order valence-electron chi connectivity index (χ2n) is 3.95. The van der Waals surface area contributed by atoms with Gasteiger partial charge in [0.2, 0.25) is 0 Å². The molecule has 0 aliphatic heterocycles. The van der Waals surface area contributed by atoms with Crippen LogP contribution in [0.5, 0.6) is 11.5 Å². The van der Waals surface area contributed by atoms with Crippen LogP contribution in [-0.4, -0.2) is 27.3 Å². The third kappa shape index (κ3) is 3.97. The number of benzene rings is 1. The van der Waals surface area contributed by atoms with Gasteiger partial charge in [-0.3, -0.25) is 0 Å². The summed E-state index contributed by atoms with van der Waals surface area (Å²) in [4.78, 5) is 0. The predicted octanol–water partition coefficient (Wildman–Crippen LogP) is 1.80. The summed E-state index contributed by atoms with van der Waals surface area (Å²) in [5.74, 6) is 1.69. The number of hydrogen-bond acceptors (Lipinski definition) is 4. The van der Waals surface area contributed by atoms with E-state index in [9.17, 15) is 0 Å². The summed E-state index contributed by atoms with van der Waals surface area (Å²) in [6, 6.07) is 7.24. The van der Waals surface area contributed by atoms with E-state index < -0.39 is 0 Å². The molecule has 4 nitrogen and oxygen atoms in total. The lowest BCUT2D eigenvalue weighted by Crippen LogP contribution is -2.21. The first kappa shape index (κ1) is 13.3. The molecule has 0 saturated heterocycles. The van der Waals surface area contributed by atoms with Gasteiger partial charge in [-0.2, -0.15) is 5.26 Å². The number of nitriles is 1. The van der Waals surface area contributed by atoms with Crippen molar-refractivity contribution in [3.8, 4) is 17.6 Å². The molecular formula is C13H18N2O2. The quantitative estimate of drug-likeness (QED) is 0.815. The van der Waals surface area contributed by atoms with Crippen LogP contribution in [-0.2, 0) is 0 Å². The Morgan fingerprint density at radius 1 is 1.41 bits per heavy atom. The summed E-state index contributed by atoms with van der Waals surface area (Å²) >= 11 is 0. The van der Waals surface area contributed by atoms with Crippen molar-refractivity contribution in [3.05, 3.63) is 23.8 Å². The maximum absolute atomic E-state index is 8.78. The number of nitrogens with one attached hydrogen (secondary N) is 1. The van der Waals surface area contributed by atoms with Gasteiger partial charge >= 0.3 is 0 Å². The second kappa shape index (κ2) is 6.77. The molecule has 0 fully saturated rings. The third-order valence-corrected chi connectivity index (χ3v) is 2.37. The summed E-state index contributed by atoms with van der Waals surface area (Å²) in [6.07, 6.45) is 0. The van der Waals surface area contributed by atoms with Crippen LogP contribution in [0.4, 0.5) is 0 Å². The minimum absolute atomic E-state index is 0.417. The number of ether oxygens (including phenoxy) is 2. The Morgan fingerprint density at radius 3 is 2.76 bits per heavy atom. The molecule has 0 heterocycles. The maximum Gasteiger partial charge on any atom is 0.162 e. The first-order chi connectivity index (χ1) is 8.21. The normalized spacial score (nSPS) is 11.6. The Hall–Kier alpha value is -1.73. The van der Waals surface area contributed by atoms with E-state index in [1.807, 2.05) is 7.05 Å². The van der Waals surface area contributed by atoms with Crippen molar-refractivity contribution in [1.29, 1.82) is 5.26 Å². The van der Waals surface area contributed by atoms with Crippen LogP contribution in [0.2, 0.25) is 0 Å². The van der Waals surface area contributed by atoms with Crippen molar-refractivity contribution in [3.63, 3.8) is 0 Å². The van der Waals surface area contributed by atoms with Crippen molar-refractivity contribution in [2.75, 3.05) is 27.3 Å². The lowest BCUT2D eigenvalue weighted by molar-refractivity contribution is 0.246. The lowest BCUT2D eigenvalue weighted by atomic mass is 10.2. The second-order valence-corrected chi connectivity index (χ2v) is 3.95. The summed E-state index contributed by atoms with van der Waals surface area (Å²) in [5.41, 5.74) is 0.567. The van der Waals surface area contributed by atoms with Crippen LogP contribution in [0.25, 0.3) is 0 Å². The Balaban J connectivity index is 2.68. The zero-order valence-electron chi connectivity index (χ0n) is 10.5. The molecule has 0 spiro atoms. The van der Waals surface area contributed by atoms with E-state index in [2.05, 4.69) is 18.3 Å². The fourth-order valence-corrected chi connectivity index (χ4v) is 1.50. The van der Waals surface area contributed by atoms with Crippen LogP contribution in [0.3, 0.4) is 0 Å². The first-order valence-corrected chi connectivity index (χ1v) is 5.56. The van der Waals surface area contributed by atoms with Crippen molar-refractivity contribution in [1.82, 2.24) is 5.32 Å². The van der Waals surface area contributed by atoms with Crippen LogP contribution in [0, 0.1) is 17.2 Å². The van der Waals surface area contributed by atoms with Crippen molar-refractivity contribution >= 4 is 0 Å². The fraction of sp³-hybridized carbons (Fsp3) is 0.462. The Kier molecular flexibility index (Phi) is 5.31. The Morgan fingerprint density at radius 2 is 2.18 bits per heavy atom. The maximum atomic E-state index is 8.78. The van der Waals surface area contributed by atoms with Gasteiger partial charge in [-0.25, -0.2) is 0 Å². The molecule has 1 aromatic carbocycles. The highest BCUT2D eigenvalue weighted by Crippen LogP contribution is 2.28. The van der Waals surface area contributed by atoms with Crippen molar-refractivity contribution < 1.29 is 9.47 Å². The minimum atomic E-state index is 0.417. The molecule has 1 rings (SSSR count). The molecule has 1 aromatic rings. The number of nitrogens with zero attached hydrogens (tertiary/aromatic N) is 1.